The molecule has 0 fully saturated rings. The van der Waals surface area contributed by atoms with E-state index in [1.807, 2.05) is 13.8 Å². The Morgan fingerprint density at radius 2 is 2.15 bits per heavy atom. The summed E-state index contributed by atoms with van der Waals surface area (Å²) in [5.41, 5.74) is 0.856. The second-order valence-electron chi connectivity index (χ2n) is 3.71. The highest BCUT2D eigenvalue weighted by Crippen LogP contribution is 2.29. The van der Waals surface area contributed by atoms with E-state index >= 15 is 0 Å². The molecule has 0 amide bonds. The average molecular weight is 180 g/mol. The molecule has 0 radical (unpaired) electrons. The number of hydrogen-bond acceptors (Lipinski definition) is 2. The van der Waals surface area contributed by atoms with Crippen LogP contribution in [-0.2, 0) is 10.3 Å². The third-order valence-electron chi connectivity index (χ3n) is 2.33. The van der Waals surface area contributed by atoms with Gasteiger partial charge in [-0.05, 0) is 37.0 Å². The minimum Gasteiger partial charge on any atom is -0.423 e. The van der Waals surface area contributed by atoms with Crippen molar-refractivity contribution in [2.75, 3.05) is 0 Å². The van der Waals surface area contributed by atoms with Crippen LogP contribution in [0.4, 0.5) is 4.39 Å². The van der Waals surface area contributed by atoms with Gasteiger partial charge in [0.25, 0.3) is 0 Å². The highest BCUT2D eigenvalue weighted by Gasteiger charge is 2.40. The van der Waals surface area contributed by atoms with Crippen molar-refractivity contribution < 1.29 is 14.1 Å². The summed E-state index contributed by atoms with van der Waals surface area (Å²) in [4.78, 5) is 0. The molecule has 0 aromatic heterocycles. The van der Waals surface area contributed by atoms with Gasteiger partial charge >= 0.3 is 7.12 Å². The van der Waals surface area contributed by atoms with Crippen LogP contribution in [0.15, 0.2) is 18.2 Å². The van der Waals surface area contributed by atoms with E-state index in [9.17, 15) is 9.41 Å². The predicted octanol–water partition coefficient (Wildman–Crippen LogP) is 0.779. The van der Waals surface area contributed by atoms with E-state index in [2.05, 4.69) is 0 Å². The van der Waals surface area contributed by atoms with Crippen molar-refractivity contribution in [2.24, 2.45) is 0 Å². The fourth-order valence-electron chi connectivity index (χ4n) is 1.69. The maximum Gasteiger partial charge on any atom is 0.492 e. The summed E-state index contributed by atoms with van der Waals surface area (Å²) in [6.45, 7) is 3.69. The molecule has 1 aliphatic heterocycles. The summed E-state index contributed by atoms with van der Waals surface area (Å²) in [7, 11) is -0.999. The zero-order valence-corrected chi connectivity index (χ0v) is 7.54. The lowest BCUT2D eigenvalue weighted by molar-refractivity contribution is 0.101. The Bertz CT molecular complexity index is 351. The summed E-state index contributed by atoms with van der Waals surface area (Å²) < 4.78 is 18.1. The minimum atomic E-state index is -0.999. The van der Waals surface area contributed by atoms with Gasteiger partial charge in [0.2, 0.25) is 0 Å². The molecule has 0 bridgehead atoms. The Morgan fingerprint density at radius 1 is 1.46 bits per heavy atom. The molecule has 0 aliphatic carbocycles. The van der Waals surface area contributed by atoms with Crippen LogP contribution >= 0.6 is 0 Å². The van der Waals surface area contributed by atoms with Crippen molar-refractivity contribution >= 4 is 12.6 Å². The van der Waals surface area contributed by atoms with E-state index in [1.54, 1.807) is 6.07 Å². The lowest BCUT2D eigenvalue weighted by Crippen LogP contribution is -2.28. The number of fused-ring (bicyclic) bond motifs is 1. The minimum absolute atomic E-state index is 0.348. The standard InChI is InChI=1S/C9H10BFO2/c1-9(2)7-4-3-6(11)5-8(7)10(12)13-9/h3-5,12H,1-2H3. The maximum absolute atomic E-state index is 12.8. The summed E-state index contributed by atoms with van der Waals surface area (Å²) in [6.07, 6.45) is 0. The van der Waals surface area contributed by atoms with Gasteiger partial charge in [-0.3, -0.25) is 0 Å². The van der Waals surface area contributed by atoms with Crippen LogP contribution in [0.1, 0.15) is 19.4 Å². The van der Waals surface area contributed by atoms with Crippen LogP contribution < -0.4 is 5.46 Å². The zero-order chi connectivity index (χ0) is 9.64. The van der Waals surface area contributed by atoms with E-state index in [4.69, 9.17) is 4.65 Å². The molecule has 0 spiro atoms. The van der Waals surface area contributed by atoms with E-state index in [1.165, 1.54) is 12.1 Å². The van der Waals surface area contributed by atoms with Crippen molar-refractivity contribution in [3.63, 3.8) is 0 Å². The first-order chi connectivity index (χ1) is 6.00. The van der Waals surface area contributed by atoms with Gasteiger partial charge in [-0.2, -0.15) is 0 Å². The second kappa shape index (κ2) is 2.56. The molecule has 13 heavy (non-hydrogen) atoms. The molecule has 4 heteroatoms. The first kappa shape index (κ1) is 8.72. The van der Waals surface area contributed by atoms with Gasteiger partial charge in [0.05, 0.1) is 5.60 Å². The van der Waals surface area contributed by atoms with Crippen molar-refractivity contribution in [1.29, 1.82) is 0 Å². The molecule has 0 atom stereocenters. The third-order valence-corrected chi connectivity index (χ3v) is 2.33. The quantitative estimate of drug-likeness (QED) is 0.597. The Hall–Kier alpha value is -0.865. The molecule has 1 N–H and O–H groups in total. The first-order valence-electron chi connectivity index (χ1n) is 4.16. The van der Waals surface area contributed by atoms with Crippen molar-refractivity contribution in [3.05, 3.63) is 29.6 Å². The molecular formula is C9H10BFO2. The van der Waals surface area contributed by atoms with E-state index in [-0.39, 0.29) is 5.82 Å². The topological polar surface area (TPSA) is 29.5 Å². The Balaban J connectivity index is 2.59. The fourth-order valence-corrected chi connectivity index (χ4v) is 1.69. The highest BCUT2D eigenvalue weighted by atomic mass is 19.1. The van der Waals surface area contributed by atoms with Crippen LogP contribution in [0.2, 0.25) is 0 Å². The summed E-state index contributed by atoms with van der Waals surface area (Å²) in [5, 5.41) is 9.45. The molecule has 1 aliphatic rings. The van der Waals surface area contributed by atoms with Crippen molar-refractivity contribution in [1.82, 2.24) is 0 Å². The van der Waals surface area contributed by atoms with Crippen LogP contribution in [-0.4, -0.2) is 12.1 Å². The molecule has 0 saturated carbocycles. The van der Waals surface area contributed by atoms with Gasteiger partial charge in [0.1, 0.15) is 5.82 Å². The molecule has 68 valence electrons. The molecule has 2 nitrogen and oxygen atoms in total. The summed E-state index contributed by atoms with van der Waals surface area (Å²) >= 11 is 0. The molecule has 2 rings (SSSR count). The largest absolute Gasteiger partial charge is 0.492 e. The van der Waals surface area contributed by atoms with Crippen LogP contribution in [0.25, 0.3) is 0 Å². The van der Waals surface area contributed by atoms with Gasteiger partial charge in [0, 0.05) is 0 Å². The SMILES string of the molecule is CC1(C)OB(O)c2cc(F)ccc21. The van der Waals surface area contributed by atoms with E-state index in [0.29, 0.717) is 5.46 Å². The van der Waals surface area contributed by atoms with Gasteiger partial charge in [0.15, 0.2) is 0 Å². The number of benzene rings is 1. The summed E-state index contributed by atoms with van der Waals surface area (Å²) in [6, 6.07) is 4.34. The van der Waals surface area contributed by atoms with Gasteiger partial charge < -0.3 is 9.68 Å². The highest BCUT2D eigenvalue weighted by molar-refractivity contribution is 6.61. The molecule has 1 aromatic carbocycles. The molecule has 0 saturated heterocycles. The van der Waals surface area contributed by atoms with Gasteiger partial charge in [-0.25, -0.2) is 4.39 Å². The molecule has 0 unspecified atom stereocenters. The van der Waals surface area contributed by atoms with E-state index in [0.717, 1.165) is 5.56 Å². The van der Waals surface area contributed by atoms with Crippen molar-refractivity contribution in [2.45, 2.75) is 19.4 Å². The molecular weight excluding hydrogens is 170 g/mol. The normalized spacial score (nSPS) is 18.9. The van der Waals surface area contributed by atoms with Crippen molar-refractivity contribution in [3.8, 4) is 0 Å². The second-order valence-corrected chi connectivity index (χ2v) is 3.71. The molecule has 1 heterocycles. The van der Waals surface area contributed by atoms with Gasteiger partial charge in [-0.15, -0.1) is 0 Å². The smallest absolute Gasteiger partial charge is 0.423 e. The maximum atomic E-state index is 12.8. The van der Waals surface area contributed by atoms with Crippen LogP contribution in [0.5, 0.6) is 0 Å². The van der Waals surface area contributed by atoms with Crippen LogP contribution in [0.3, 0.4) is 0 Å². The lowest BCUT2D eigenvalue weighted by Gasteiger charge is -2.19. The van der Waals surface area contributed by atoms with Crippen LogP contribution in [0, 0.1) is 5.82 Å². The number of halogens is 1. The Labute approximate surface area is 76.5 Å². The first-order valence-corrected chi connectivity index (χ1v) is 4.16. The Kier molecular flexibility index (Phi) is 1.72. The predicted molar refractivity (Wildman–Crippen MR) is 48.1 cm³/mol. The number of rotatable bonds is 0. The fraction of sp³-hybridized carbons (Fsp3) is 0.333. The zero-order valence-electron chi connectivity index (χ0n) is 7.54. The lowest BCUT2D eigenvalue weighted by atomic mass is 9.78. The summed E-state index contributed by atoms with van der Waals surface area (Å²) in [5.74, 6) is -0.348. The van der Waals surface area contributed by atoms with Gasteiger partial charge in [-0.1, -0.05) is 6.07 Å². The Morgan fingerprint density at radius 3 is 2.85 bits per heavy atom. The average Bonchev–Trinajstić information content (AvgIpc) is 2.22. The number of hydrogen-bond donors (Lipinski definition) is 1. The third kappa shape index (κ3) is 1.26. The van der Waals surface area contributed by atoms with E-state index < -0.39 is 12.7 Å². The molecule has 1 aromatic rings. The monoisotopic (exact) mass is 180 g/mol.